The number of rotatable bonds is 7. The highest BCUT2D eigenvalue weighted by molar-refractivity contribution is 7.19. The van der Waals surface area contributed by atoms with E-state index in [-0.39, 0.29) is 24.0 Å². The van der Waals surface area contributed by atoms with Gasteiger partial charge in [0.25, 0.3) is 11.4 Å². The highest BCUT2D eigenvalue weighted by Gasteiger charge is 2.17. The van der Waals surface area contributed by atoms with Crippen molar-refractivity contribution in [2.75, 3.05) is 0 Å². The number of benzene rings is 1. The maximum atomic E-state index is 13.0. The number of aromatic nitrogens is 3. The Morgan fingerprint density at radius 3 is 2.87 bits per heavy atom. The van der Waals surface area contributed by atoms with Crippen molar-refractivity contribution in [2.24, 2.45) is 0 Å². The van der Waals surface area contributed by atoms with Gasteiger partial charge in [-0.2, -0.15) is 0 Å². The lowest BCUT2D eigenvalue weighted by atomic mass is 10.2. The number of thiophene rings is 1. The number of carbonyl (C=O) groups is 1. The van der Waals surface area contributed by atoms with Gasteiger partial charge in [0.2, 0.25) is 0 Å². The van der Waals surface area contributed by atoms with Crippen LogP contribution < -0.4 is 10.3 Å². The molecule has 0 fully saturated rings. The molecule has 0 N–H and O–H groups in total. The van der Waals surface area contributed by atoms with Gasteiger partial charge < -0.3 is 4.74 Å². The van der Waals surface area contributed by atoms with Crippen molar-refractivity contribution < 1.29 is 9.53 Å². The van der Waals surface area contributed by atoms with Crippen LogP contribution in [0.25, 0.3) is 21.0 Å². The summed E-state index contributed by atoms with van der Waals surface area (Å²) in [6, 6.07) is 11.0. The molecule has 6 nitrogen and oxygen atoms in total. The van der Waals surface area contributed by atoms with E-state index < -0.39 is 0 Å². The minimum atomic E-state index is -0.373. The summed E-state index contributed by atoms with van der Waals surface area (Å²) in [7, 11) is 0. The van der Waals surface area contributed by atoms with Gasteiger partial charge in [-0.3, -0.25) is 14.6 Å². The normalized spacial score (nSPS) is 11.3. The fourth-order valence-electron chi connectivity index (χ4n) is 3.25. The number of hydrogen-bond donors (Lipinski definition) is 0. The topological polar surface area (TPSA) is 74.1 Å². The molecule has 0 spiro atoms. The van der Waals surface area contributed by atoms with Crippen LogP contribution in [0.3, 0.4) is 0 Å². The fourth-order valence-corrected chi connectivity index (χ4v) is 4.60. The summed E-state index contributed by atoms with van der Waals surface area (Å²) >= 11 is 7.82. The zero-order valence-corrected chi connectivity index (χ0v) is 18.0. The molecular formula is C22H20ClN3O3S. The van der Waals surface area contributed by atoms with E-state index in [0.29, 0.717) is 22.3 Å². The molecule has 0 aliphatic rings. The maximum Gasteiger partial charge on any atom is 0.312 e. The first-order valence-corrected chi connectivity index (χ1v) is 11.0. The number of halogens is 1. The first-order chi connectivity index (χ1) is 14.6. The van der Waals surface area contributed by atoms with Crippen LogP contribution in [-0.4, -0.2) is 20.7 Å². The number of esters is 1. The lowest BCUT2D eigenvalue weighted by Gasteiger charge is -2.10. The molecule has 0 radical (unpaired) electrons. The largest absolute Gasteiger partial charge is 0.403 e. The number of fused-ring (bicyclic) bond motifs is 2. The van der Waals surface area contributed by atoms with Crippen LogP contribution in [0.1, 0.15) is 37.5 Å². The van der Waals surface area contributed by atoms with E-state index in [1.807, 2.05) is 24.3 Å². The monoisotopic (exact) mass is 441 g/mol. The molecule has 0 bridgehead atoms. The summed E-state index contributed by atoms with van der Waals surface area (Å²) in [5.41, 5.74) is 0.00871. The second-order valence-electron chi connectivity index (χ2n) is 6.96. The predicted molar refractivity (Wildman–Crippen MR) is 120 cm³/mol. The van der Waals surface area contributed by atoms with E-state index in [2.05, 4.69) is 17.0 Å². The number of nitrogens with zero attached hydrogens (tertiary/aromatic N) is 3. The van der Waals surface area contributed by atoms with Crippen LogP contribution in [0.5, 0.6) is 5.88 Å². The number of pyridine rings is 1. The zero-order chi connectivity index (χ0) is 21.1. The van der Waals surface area contributed by atoms with Crippen LogP contribution in [0.2, 0.25) is 5.02 Å². The third-order valence-corrected chi connectivity index (χ3v) is 6.16. The smallest absolute Gasteiger partial charge is 0.312 e. The van der Waals surface area contributed by atoms with Gasteiger partial charge in [0.15, 0.2) is 0 Å². The van der Waals surface area contributed by atoms with Crippen molar-refractivity contribution in [3.8, 4) is 5.88 Å². The maximum absolute atomic E-state index is 13.0. The van der Waals surface area contributed by atoms with Crippen molar-refractivity contribution >= 4 is 49.9 Å². The molecule has 0 aliphatic carbocycles. The van der Waals surface area contributed by atoms with E-state index in [0.717, 1.165) is 34.2 Å². The Morgan fingerprint density at radius 1 is 1.20 bits per heavy atom. The molecule has 4 aromatic rings. The third kappa shape index (κ3) is 4.22. The van der Waals surface area contributed by atoms with Gasteiger partial charge in [-0.25, -0.2) is 4.68 Å². The van der Waals surface area contributed by atoms with Gasteiger partial charge in [-0.1, -0.05) is 37.4 Å². The molecule has 3 heterocycles. The molecule has 0 amide bonds. The van der Waals surface area contributed by atoms with Crippen molar-refractivity contribution in [3.63, 3.8) is 0 Å². The Kier molecular flexibility index (Phi) is 6.11. The first-order valence-electron chi connectivity index (χ1n) is 9.80. The number of ether oxygens (including phenoxy) is 1. The lowest BCUT2D eigenvalue weighted by molar-refractivity contribution is -0.134. The molecule has 1 aromatic carbocycles. The molecule has 0 saturated heterocycles. The highest BCUT2D eigenvalue weighted by atomic mass is 35.5. The predicted octanol–water partition coefficient (Wildman–Crippen LogP) is 5.19. The van der Waals surface area contributed by atoms with Gasteiger partial charge in [0, 0.05) is 32.6 Å². The summed E-state index contributed by atoms with van der Waals surface area (Å²) in [6.07, 6.45) is 4.58. The van der Waals surface area contributed by atoms with Gasteiger partial charge in [-0.05, 0) is 36.8 Å². The molecule has 0 unspecified atom stereocenters. The average Bonchev–Trinajstić information content (AvgIpc) is 3.16. The molecule has 30 heavy (non-hydrogen) atoms. The molecule has 154 valence electrons. The minimum Gasteiger partial charge on any atom is -0.403 e. The molecular weight excluding hydrogens is 422 g/mol. The van der Waals surface area contributed by atoms with Crippen molar-refractivity contribution in [2.45, 2.75) is 39.2 Å². The Hall–Kier alpha value is -2.77. The molecule has 3 aromatic heterocycles. The zero-order valence-electron chi connectivity index (χ0n) is 16.4. The van der Waals surface area contributed by atoms with Gasteiger partial charge >= 0.3 is 5.97 Å². The summed E-state index contributed by atoms with van der Waals surface area (Å²) in [4.78, 5) is 30.4. The third-order valence-electron chi connectivity index (χ3n) is 4.75. The Bertz CT molecular complexity index is 1280. The Labute approximate surface area is 182 Å². The standard InChI is InChI=1S/C22H20ClN3O3S/c1-2-3-4-10-19(27)29-21-20-15(7-6-11-24-20)22(28)26(25-21)13-14-12-16-17(23)8-5-9-18(16)30-14/h5-9,11-12H,2-4,10,13H2,1H3. The van der Waals surface area contributed by atoms with Crippen molar-refractivity contribution in [1.29, 1.82) is 0 Å². The van der Waals surface area contributed by atoms with Crippen LogP contribution in [-0.2, 0) is 11.3 Å². The van der Waals surface area contributed by atoms with Gasteiger partial charge in [0.1, 0.15) is 5.52 Å². The lowest BCUT2D eigenvalue weighted by Crippen LogP contribution is -2.25. The molecule has 0 atom stereocenters. The Morgan fingerprint density at radius 2 is 2.07 bits per heavy atom. The Balaban J connectivity index is 1.70. The van der Waals surface area contributed by atoms with Crippen LogP contribution in [0, 0.1) is 0 Å². The number of unbranched alkanes of at least 4 members (excludes halogenated alkanes) is 2. The van der Waals surface area contributed by atoms with E-state index in [4.69, 9.17) is 16.3 Å². The molecule has 4 rings (SSSR count). The second kappa shape index (κ2) is 8.93. The fraction of sp³-hybridized carbons (Fsp3) is 0.273. The van der Waals surface area contributed by atoms with E-state index >= 15 is 0 Å². The SMILES string of the molecule is CCCCCC(=O)Oc1nn(Cc2cc3c(Cl)cccc3s2)c(=O)c2cccnc12. The summed E-state index contributed by atoms with van der Waals surface area (Å²) in [5.74, 6) is -0.312. The van der Waals surface area contributed by atoms with Gasteiger partial charge in [0.05, 0.1) is 11.9 Å². The molecule has 8 heteroatoms. The van der Waals surface area contributed by atoms with Crippen LogP contribution >= 0.6 is 22.9 Å². The average molecular weight is 442 g/mol. The van der Waals surface area contributed by atoms with E-state index in [9.17, 15) is 9.59 Å². The highest BCUT2D eigenvalue weighted by Crippen LogP contribution is 2.31. The van der Waals surface area contributed by atoms with Crippen LogP contribution in [0.15, 0.2) is 47.4 Å². The van der Waals surface area contributed by atoms with Crippen molar-refractivity contribution in [1.82, 2.24) is 14.8 Å². The summed E-state index contributed by atoms with van der Waals surface area (Å²) in [5, 5.41) is 6.30. The van der Waals surface area contributed by atoms with Crippen molar-refractivity contribution in [3.05, 3.63) is 62.8 Å². The van der Waals surface area contributed by atoms with E-state index in [1.54, 1.807) is 29.7 Å². The van der Waals surface area contributed by atoms with Crippen LogP contribution in [0.4, 0.5) is 0 Å². The molecule has 0 aliphatic heterocycles. The number of hydrogen-bond acceptors (Lipinski definition) is 6. The molecule has 0 saturated carbocycles. The number of carbonyl (C=O) groups excluding carboxylic acids is 1. The quantitative estimate of drug-likeness (QED) is 0.291. The van der Waals surface area contributed by atoms with Gasteiger partial charge in [-0.15, -0.1) is 16.4 Å². The summed E-state index contributed by atoms with van der Waals surface area (Å²) in [6.45, 7) is 2.32. The minimum absolute atomic E-state index is 0.0610. The second-order valence-corrected chi connectivity index (χ2v) is 8.54. The first kappa shape index (κ1) is 20.5. The summed E-state index contributed by atoms with van der Waals surface area (Å²) < 4.78 is 7.85. The van der Waals surface area contributed by atoms with E-state index in [1.165, 1.54) is 4.68 Å².